The average Bonchev–Trinajstić information content (AvgIpc) is 2.47. The summed E-state index contributed by atoms with van der Waals surface area (Å²) in [5.41, 5.74) is 0.256. The second-order valence-corrected chi connectivity index (χ2v) is 6.08. The number of anilines is 2. The molecule has 2 aromatic rings. The van der Waals surface area contributed by atoms with Crippen molar-refractivity contribution in [3.05, 3.63) is 57.5 Å². The number of halogens is 5. The highest BCUT2D eigenvalue weighted by Crippen LogP contribution is 2.26. The summed E-state index contributed by atoms with van der Waals surface area (Å²) < 4.78 is 39.1. The fourth-order valence-electron chi connectivity index (χ4n) is 1.60. The molecule has 0 saturated carbocycles. The number of benzene rings is 2. The largest absolute Gasteiger partial charge is 0.544 e. The fraction of sp³-hybridized carbons (Fsp3) is 0.0714. The molecule has 0 saturated heterocycles. The summed E-state index contributed by atoms with van der Waals surface area (Å²) in [6, 6.07) is 10.9. The molecule has 0 aliphatic carbocycles. The Morgan fingerprint density at radius 3 is 1.91 bits per heavy atom. The van der Waals surface area contributed by atoms with Crippen LogP contribution in [0.1, 0.15) is 0 Å². The van der Waals surface area contributed by atoms with Gasteiger partial charge in [0.2, 0.25) is 0 Å². The highest BCUT2D eigenvalue weighted by Gasteiger charge is 2.36. The number of urea groups is 1. The van der Waals surface area contributed by atoms with Gasteiger partial charge in [0.15, 0.2) is 0 Å². The molecule has 0 fully saturated rings. The maximum atomic E-state index is 12.6. The first-order chi connectivity index (χ1) is 10.7. The van der Waals surface area contributed by atoms with Crippen LogP contribution < -0.4 is 10.4 Å². The molecule has 0 atom stereocenters. The van der Waals surface area contributed by atoms with Crippen LogP contribution in [-0.2, 0) is 4.84 Å². The van der Waals surface area contributed by atoms with Crippen molar-refractivity contribution in [1.29, 1.82) is 0 Å². The lowest BCUT2D eigenvalue weighted by Crippen LogP contribution is -2.39. The monoisotopic (exact) mass is 452 g/mol. The van der Waals surface area contributed by atoms with E-state index in [9.17, 15) is 18.0 Å². The van der Waals surface area contributed by atoms with Gasteiger partial charge in [-0.25, -0.2) is 4.79 Å². The van der Waals surface area contributed by atoms with Gasteiger partial charge in [0.1, 0.15) is 0 Å². The molecule has 1 N–H and O–H groups in total. The Balaban J connectivity index is 2.23. The van der Waals surface area contributed by atoms with Gasteiger partial charge in [0, 0.05) is 14.6 Å². The van der Waals surface area contributed by atoms with Crippen LogP contribution in [0.2, 0.25) is 0 Å². The molecular formula is C14H9Br2F3N2O2. The Bertz CT molecular complexity index is 676. The summed E-state index contributed by atoms with van der Waals surface area (Å²) in [4.78, 5) is 15.9. The summed E-state index contributed by atoms with van der Waals surface area (Å²) in [6.45, 7) is 0. The minimum Gasteiger partial charge on any atom is -0.306 e. The SMILES string of the molecule is O=C(Nc1ccc(Br)cc1)N(OC(F)(F)F)c1ccc(Br)cc1. The lowest BCUT2D eigenvalue weighted by molar-refractivity contribution is -0.324. The smallest absolute Gasteiger partial charge is 0.306 e. The number of hydrogen-bond acceptors (Lipinski definition) is 2. The lowest BCUT2D eigenvalue weighted by atomic mass is 10.3. The molecule has 2 aromatic carbocycles. The van der Waals surface area contributed by atoms with Gasteiger partial charge in [-0.1, -0.05) is 31.9 Å². The van der Waals surface area contributed by atoms with E-state index in [0.717, 1.165) is 4.47 Å². The zero-order valence-corrected chi connectivity index (χ0v) is 14.4. The van der Waals surface area contributed by atoms with Crippen LogP contribution in [0, 0.1) is 0 Å². The van der Waals surface area contributed by atoms with E-state index in [1.54, 1.807) is 12.1 Å². The first-order valence-electron chi connectivity index (χ1n) is 6.13. The van der Waals surface area contributed by atoms with E-state index < -0.39 is 12.4 Å². The molecule has 0 aliphatic heterocycles. The Morgan fingerprint density at radius 1 is 0.957 bits per heavy atom. The molecule has 0 aliphatic rings. The minimum absolute atomic E-state index is 0.0693. The van der Waals surface area contributed by atoms with Crippen LogP contribution >= 0.6 is 31.9 Å². The van der Waals surface area contributed by atoms with E-state index in [0.29, 0.717) is 10.2 Å². The van der Waals surface area contributed by atoms with Gasteiger partial charge in [-0.05, 0) is 48.5 Å². The van der Waals surface area contributed by atoms with Crippen LogP contribution in [0.5, 0.6) is 0 Å². The predicted molar refractivity (Wildman–Crippen MR) is 86.9 cm³/mol. The number of rotatable bonds is 3. The quantitative estimate of drug-likeness (QED) is 0.605. The normalized spacial score (nSPS) is 11.2. The van der Waals surface area contributed by atoms with Crippen molar-refractivity contribution < 1.29 is 22.8 Å². The van der Waals surface area contributed by atoms with Crippen molar-refractivity contribution in [1.82, 2.24) is 0 Å². The number of carbonyl (C=O) groups excluding carboxylic acids is 1. The highest BCUT2D eigenvalue weighted by molar-refractivity contribution is 9.10. The molecule has 0 heterocycles. The predicted octanol–water partition coefficient (Wildman–Crippen LogP) is 5.70. The van der Waals surface area contributed by atoms with Crippen molar-refractivity contribution in [2.24, 2.45) is 0 Å². The molecule has 0 bridgehead atoms. The molecule has 0 radical (unpaired) electrons. The number of alkyl halides is 3. The van der Waals surface area contributed by atoms with E-state index in [4.69, 9.17) is 0 Å². The second kappa shape index (κ2) is 7.33. The van der Waals surface area contributed by atoms with Crippen molar-refractivity contribution in [2.45, 2.75) is 6.36 Å². The van der Waals surface area contributed by atoms with Crippen LogP contribution in [-0.4, -0.2) is 12.4 Å². The highest BCUT2D eigenvalue weighted by atomic mass is 79.9. The number of amides is 2. The molecule has 4 nitrogen and oxygen atoms in total. The third-order valence-electron chi connectivity index (χ3n) is 2.54. The van der Waals surface area contributed by atoms with Crippen molar-refractivity contribution in [3.8, 4) is 0 Å². The lowest BCUT2D eigenvalue weighted by Gasteiger charge is -2.23. The van der Waals surface area contributed by atoms with Gasteiger partial charge in [0.25, 0.3) is 0 Å². The first kappa shape index (κ1) is 17.8. The summed E-state index contributed by atoms with van der Waals surface area (Å²) in [6.07, 6.45) is -5.01. The summed E-state index contributed by atoms with van der Waals surface area (Å²) in [5, 5.41) is 2.48. The minimum atomic E-state index is -5.01. The molecule has 2 rings (SSSR count). The molecule has 0 aromatic heterocycles. The number of hydroxylamine groups is 1. The Hall–Kier alpha value is -1.58. The molecule has 2 amide bonds. The van der Waals surface area contributed by atoms with Crippen molar-refractivity contribution >= 4 is 49.3 Å². The Labute approximate surface area is 146 Å². The van der Waals surface area contributed by atoms with Crippen molar-refractivity contribution in [3.63, 3.8) is 0 Å². The zero-order valence-electron chi connectivity index (χ0n) is 11.3. The summed E-state index contributed by atoms with van der Waals surface area (Å²) in [7, 11) is 0. The molecule has 122 valence electrons. The molecule has 0 spiro atoms. The maximum absolute atomic E-state index is 12.6. The Kier molecular flexibility index (Phi) is 5.66. The molecular weight excluding hydrogens is 445 g/mol. The third kappa shape index (κ3) is 5.52. The number of nitrogens with zero attached hydrogens (tertiary/aromatic N) is 1. The van der Waals surface area contributed by atoms with Crippen LogP contribution in [0.25, 0.3) is 0 Å². The number of nitrogens with one attached hydrogen (secondary N) is 1. The maximum Gasteiger partial charge on any atom is 0.544 e. The van der Waals surface area contributed by atoms with Gasteiger partial charge in [-0.2, -0.15) is 9.90 Å². The van der Waals surface area contributed by atoms with Crippen LogP contribution in [0.4, 0.5) is 29.3 Å². The van der Waals surface area contributed by atoms with E-state index in [2.05, 4.69) is 42.0 Å². The summed E-state index contributed by atoms with van der Waals surface area (Å²) in [5.74, 6) is 0. The third-order valence-corrected chi connectivity index (χ3v) is 3.59. The van der Waals surface area contributed by atoms with Gasteiger partial charge >= 0.3 is 12.4 Å². The van der Waals surface area contributed by atoms with Crippen LogP contribution in [0.3, 0.4) is 0 Å². The molecule has 0 unspecified atom stereocenters. The van der Waals surface area contributed by atoms with Gasteiger partial charge in [-0.3, -0.25) is 0 Å². The average molecular weight is 454 g/mol. The van der Waals surface area contributed by atoms with E-state index in [1.165, 1.54) is 36.4 Å². The van der Waals surface area contributed by atoms with Gasteiger partial charge in [0.05, 0.1) is 5.69 Å². The molecule has 9 heteroatoms. The summed E-state index contributed by atoms with van der Waals surface area (Å²) >= 11 is 6.39. The standard InChI is InChI=1S/C14H9Br2F3N2O2/c15-9-1-5-11(6-2-9)20-13(22)21(23-14(17,18)19)12-7-3-10(16)4-8-12/h1-8H,(H,20,22). The van der Waals surface area contributed by atoms with Gasteiger partial charge in [-0.15, -0.1) is 13.2 Å². The van der Waals surface area contributed by atoms with Crippen LogP contribution in [0.15, 0.2) is 57.5 Å². The van der Waals surface area contributed by atoms with Gasteiger partial charge < -0.3 is 5.32 Å². The zero-order chi connectivity index (χ0) is 17.0. The van der Waals surface area contributed by atoms with Crippen molar-refractivity contribution in [2.75, 3.05) is 10.4 Å². The molecule has 23 heavy (non-hydrogen) atoms. The van der Waals surface area contributed by atoms with E-state index >= 15 is 0 Å². The fourth-order valence-corrected chi connectivity index (χ4v) is 2.13. The topological polar surface area (TPSA) is 41.6 Å². The number of carbonyl (C=O) groups is 1. The Morgan fingerprint density at radius 2 is 1.43 bits per heavy atom. The second-order valence-electron chi connectivity index (χ2n) is 4.24. The van der Waals surface area contributed by atoms with E-state index in [-0.39, 0.29) is 10.8 Å². The first-order valence-corrected chi connectivity index (χ1v) is 7.71. The number of hydrogen-bond donors (Lipinski definition) is 1. The van der Waals surface area contributed by atoms with E-state index in [1.807, 2.05) is 0 Å².